The first kappa shape index (κ1) is 13.7. The number of aromatic nitrogens is 3. The number of hydrogen-bond acceptors (Lipinski definition) is 5. The summed E-state index contributed by atoms with van der Waals surface area (Å²) < 4.78 is 1.16. The monoisotopic (exact) mass is 355 g/mol. The number of carbonyl (C=O) groups excluding carboxylic acids is 1. The molecule has 3 heterocycles. The van der Waals surface area contributed by atoms with E-state index in [0.29, 0.717) is 5.69 Å². The Kier molecular flexibility index (Phi) is 4.13. The summed E-state index contributed by atoms with van der Waals surface area (Å²) in [6.07, 6.45) is 1.47. The summed E-state index contributed by atoms with van der Waals surface area (Å²) >= 11 is 5.24. The first-order chi connectivity index (χ1) is 9.72. The number of rotatable bonds is 3. The molecule has 3 rings (SSSR count). The number of amides is 1. The second-order valence-electron chi connectivity index (χ2n) is 4.63. The van der Waals surface area contributed by atoms with E-state index < -0.39 is 0 Å². The molecule has 1 saturated heterocycles. The predicted molar refractivity (Wildman–Crippen MR) is 79.6 cm³/mol. The van der Waals surface area contributed by atoms with Gasteiger partial charge in [-0.25, -0.2) is 0 Å². The lowest BCUT2D eigenvalue weighted by Crippen LogP contribution is -2.48. The van der Waals surface area contributed by atoms with E-state index >= 15 is 0 Å². The molecule has 0 unspecified atom stereocenters. The number of hydrogen-bond donors (Lipinski definition) is 1. The minimum absolute atomic E-state index is 0.0442. The summed E-state index contributed by atoms with van der Waals surface area (Å²) in [5.41, 5.74) is 0.389. The van der Waals surface area contributed by atoms with E-state index in [1.54, 1.807) is 11.3 Å². The van der Waals surface area contributed by atoms with Gasteiger partial charge in [-0.1, -0.05) is 0 Å². The van der Waals surface area contributed by atoms with E-state index in [9.17, 15) is 4.79 Å². The maximum atomic E-state index is 12.1. The van der Waals surface area contributed by atoms with Crippen LogP contribution in [0.1, 0.15) is 15.4 Å². The van der Waals surface area contributed by atoms with Gasteiger partial charge in [0.2, 0.25) is 0 Å². The average molecular weight is 356 g/mol. The Morgan fingerprint density at radius 3 is 2.75 bits per heavy atom. The second-order valence-corrected chi connectivity index (χ2v) is 7.18. The number of aromatic amines is 1. The Bertz CT molecular complexity index is 576. The van der Waals surface area contributed by atoms with Gasteiger partial charge in [0.25, 0.3) is 5.91 Å². The minimum Gasteiger partial charge on any atom is -0.335 e. The lowest BCUT2D eigenvalue weighted by Gasteiger charge is -2.34. The normalized spacial score (nSPS) is 16.6. The van der Waals surface area contributed by atoms with Crippen LogP contribution in [-0.4, -0.2) is 57.3 Å². The van der Waals surface area contributed by atoms with Crippen molar-refractivity contribution < 1.29 is 4.79 Å². The fourth-order valence-electron chi connectivity index (χ4n) is 2.23. The van der Waals surface area contributed by atoms with E-state index in [2.05, 4.69) is 48.4 Å². The van der Waals surface area contributed by atoms with Gasteiger partial charge >= 0.3 is 0 Å². The molecule has 0 radical (unpaired) electrons. The van der Waals surface area contributed by atoms with Crippen molar-refractivity contribution in [2.24, 2.45) is 0 Å². The van der Waals surface area contributed by atoms with E-state index in [-0.39, 0.29) is 5.91 Å². The van der Waals surface area contributed by atoms with Gasteiger partial charge in [-0.2, -0.15) is 15.4 Å². The number of nitrogens with one attached hydrogen (secondary N) is 1. The molecule has 20 heavy (non-hydrogen) atoms. The molecule has 6 nitrogen and oxygen atoms in total. The van der Waals surface area contributed by atoms with Gasteiger partial charge in [0.05, 0.1) is 9.98 Å². The number of thiophene rings is 1. The highest BCUT2D eigenvalue weighted by Gasteiger charge is 2.23. The van der Waals surface area contributed by atoms with Gasteiger partial charge in [-0.05, 0) is 28.1 Å². The van der Waals surface area contributed by atoms with Crippen LogP contribution < -0.4 is 0 Å². The van der Waals surface area contributed by atoms with Crippen molar-refractivity contribution in [3.63, 3.8) is 0 Å². The Hall–Kier alpha value is -1.25. The van der Waals surface area contributed by atoms with Gasteiger partial charge in [-0.3, -0.25) is 9.69 Å². The fraction of sp³-hybridized carbons (Fsp3) is 0.417. The van der Waals surface area contributed by atoms with Crippen LogP contribution in [0, 0.1) is 0 Å². The summed E-state index contributed by atoms with van der Waals surface area (Å²) in [7, 11) is 0. The maximum absolute atomic E-state index is 12.1. The molecule has 8 heteroatoms. The van der Waals surface area contributed by atoms with Gasteiger partial charge in [0.1, 0.15) is 0 Å². The van der Waals surface area contributed by atoms with E-state index in [0.717, 1.165) is 36.5 Å². The third kappa shape index (κ3) is 3.08. The second kappa shape index (κ2) is 6.02. The average Bonchev–Trinajstić information content (AvgIpc) is 3.11. The van der Waals surface area contributed by atoms with Crippen molar-refractivity contribution in [3.8, 4) is 0 Å². The molecule has 1 aliphatic rings. The molecule has 0 spiro atoms. The van der Waals surface area contributed by atoms with Crippen molar-refractivity contribution in [3.05, 3.63) is 32.7 Å². The van der Waals surface area contributed by atoms with Gasteiger partial charge in [0, 0.05) is 37.6 Å². The zero-order valence-corrected chi connectivity index (χ0v) is 13.2. The number of halogens is 1. The zero-order chi connectivity index (χ0) is 13.9. The van der Waals surface area contributed by atoms with Gasteiger partial charge < -0.3 is 4.90 Å². The lowest BCUT2D eigenvalue weighted by molar-refractivity contribution is 0.0624. The molecular weight excluding hydrogens is 342 g/mol. The van der Waals surface area contributed by atoms with Crippen LogP contribution in [0.25, 0.3) is 0 Å². The standard InChI is InChI=1S/C12H14BrN5OS/c13-11-2-1-9(20-11)8-17-3-5-18(6-4-17)12(19)10-7-14-16-15-10/h1-2,7H,3-6,8H2,(H,14,15,16). The molecular formula is C12H14BrN5OS. The smallest absolute Gasteiger partial charge is 0.276 e. The number of carbonyl (C=O) groups is 1. The largest absolute Gasteiger partial charge is 0.335 e. The van der Waals surface area contributed by atoms with Crippen molar-refractivity contribution in [1.29, 1.82) is 0 Å². The molecule has 0 atom stereocenters. The first-order valence-electron chi connectivity index (χ1n) is 6.34. The van der Waals surface area contributed by atoms with Crippen molar-refractivity contribution in [1.82, 2.24) is 25.2 Å². The summed E-state index contributed by atoms with van der Waals surface area (Å²) in [6.45, 7) is 4.19. The third-order valence-electron chi connectivity index (χ3n) is 3.30. The Morgan fingerprint density at radius 2 is 2.15 bits per heavy atom. The zero-order valence-electron chi connectivity index (χ0n) is 10.8. The minimum atomic E-state index is -0.0442. The Balaban J connectivity index is 1.53. The summed E-state index contributed by atoms with van der Waals surface area (Å²) in [6, 6.07) is 4.21. The lowest BCUT2D eigenvalue weighted by atomic mass is 10.2. The van der Waals surface area contributed by atoms with Crippen molar-refractivity contribution in [2.75, 3.05) is 26.2 Å². The molecule has 0 bridgehead atoms. The van der Waals surface area contributed by atoms with Crippen LogP contribution in [0.4, 0.5) is 0 Å². The maximum Gasteiger partial charge on any atom is 0.276 e. The topological polar surface area (TPSA) is 65.1 Å². The molecule has 1 amide bonds. The van der Waals surface area contributed by atoms with Crippen LogP contribution in [-0.2, 0) is 6.54 Å². The van der Waals surface area contributed by atoms with Gasteiger partial charge in [-0.15, -0.1) is 11.3 Å². The summed E-state index contributed by atoms with van der Waals surface area (Å²) in [4.78, 5) is 17.6. The van der Waals surface area contributed by atoms with Crippen molar-refractivity contribution >= 4 is 33.2 Å². The molecule has 2 aromatic rings. The molecule has 0 aromatic carbocycles. The molecule has 2 aromatic heterocycles. The van der Waals surface area contributed by atoms with Crippen LogP contribution >= 0.6 is 27.3 Å². The molecule has 106 valence electrons. The van der Waals surface area contributed by atoms with Crippen LogP contribution in [0.5, 0.6) is 0 Å². The van der Waals surface area contributed by atoms with Gasteiger partial charge in [0.15, 0.2) is 5.69 Å². The SMILES string of the molecule is O=C(c1cn[nH]n1)N1CCN(Cc2ccc(Br)s2)CC1. The molecule has 0 saturated carbocycles. The Labute approximate surface area is 128 Å². The molecule has 1 N–H and O–H groups in total. The predicted octanol–water partition coefficient (Wildman–Crippen LogP) is 1.59. The van der Waals surface area contributed by atoms with Crippen LogP contribution in [0.3, 0.4) is 0 Å². The quantitative estimate of drug-likeness (QED) is 0.907. The van der Waals surface area contributed by atoms with Crippen LogP contribution in [0.2, 0.25) is 0 Å². The van der Waals surface area contributed by atoms with E-state index in [1.165, 1.54) is 11.1 Å². The number of piperazine rings is 1. The fourth-order valence-corrected chi connectivity index (χ4v) is 3.76. The Morgan fingerprint density at radius 1 is 1.35 bits per heavy atom. The summed E-state index contributed by atoms with van der Waals surface area (Å²) in [5.74, 6) is -0.0442. The number of H-pyrrole nitrogens is 1. The number of nitrogens with zero attached hydrogens (tertiary/aromatic N) is 4. The highest BCUT2D eigenvalue weighted by molar-refractivity contribution is 9.11. The first-order valence-corrected chi connectivity index (χ1v) is 7.95. The molecule has 0 aliphatic carbocycles. The van der Waals surface area contributed by atoms with E-state index in [1.807, 2.05) is 4.90 Å². The third-order valence-corrected chi connectivity index (χ3v) is 4.91. The highest BCUT2D eigenvalue weighted by Crippen LogP contribution is 2.23. The van der Waals surface area contributed by atoms with Crippen LogP contribution in [0.15, 0.2) is 22.1 Å². The van der Waals surface area contributed by atoms with E-state index in [4.69, 9.17) is 0 Å². The summed E-state index contributed by atoms with van der Waals surface area (Å²) in [5, 5.41) is 9.98. The molecule has 1 aliphatic heterocycles. The highest BCUT2D eigenvalue weighted by atomic mass is 79.9. The molecule has 1 fully saturated rings. The van der Waals surface area contributed by atoms with Crippen molar-refractivity contribution in [2.45, 2.75) is 6.54 Å².